The fraction of sp³-hybridized carbons (Fsp3) is 0.552. The van der Waals surface area contributed by atoms with Gasteiger partial charge < -0.3 is 8.85 Å². The maximum atomic E-state index is 11.0. The Kier molecular flexibility index (Phi) is 9.52. The summed E-state index contributed by atoms with van der Waals surface area (Å²) in [7, 11) is -4.24. The van der Waals surface area contributed by atoms with E-state index in [1.807, 2.05) is 36.4 Å². The highest BCUT2D eigenvalue weighted by Gasteiger charge is 2.52. The molecule has 3 nitrogen and oxygen atoms in total. The third-order valence-corrected chi connectivity index (χ3v) is 14.2. The molecule has 0 saturated carbocycles. The van der Waals surface area contributed by atoms with Crippen molar-refractivity contribution in [1.82, 2.24) is 0 Å². The molecule has 0 aliphatic heterocycles. The van der Waals surface area contributed by atoms with Crippen LogP contribution in [0.15, 0.2) is 60.7 Å². The van der Waals surface area contributed by atoms with Crippen LogP contribution in [0, 0.1) is 11.3 Å². The molecule has 2 rings (SSSR count). The minimum absolute atomic E-state index is 0.245. The molecule has 0 aliphatic rings. The molecule has 2 atom stereocenters. The molecule has 0 heterocycles. The summed E-state index contributed by atoms with van der Waals surface area (Å²) < 4.78 is 14.2. The van der Waals surface area contributed by atoms with E-state index < -0.39 is 28.2 Å². The topological polar surface area (TPSA) is 42.2 Å². The lowest BCUT2D eigenvalue weighted by Crippen LogP contribution is -2.57. The van der Waals surface area contributed by atoms with Crippen molar-refractivity contribution in [2.75, 3.05) is 0 Å². The van der Waals surface area contributed by atoms with Crippen LogP contribution in [0.2, 0.25) is 36.3 Å². The molecule has 0 aliphatic carbocycles. The van der Waals surface area contributed by atoms with Gasteiger partial charge in [0.2, 0.25) is 8.32 Å². The highest BCUT2D eigenvalue weighted by molar-refractivity contribution is 6.77. The molecule has 0 unspecified atom stereocenters. The van der Waals surface area contributed by atoms with Crippen molar-refractivity contribution in [3.8, 4) is 6.07 Å². The Labute approximate surface area is 210 Å². The lowest BCUT2D eigenvalue weighted by molar-refractivity contribution is 0.0216. The third-order valence-electron chi connectivity index (χ3n) is 7.07. The number of rotatable bonds is 11. The summed E-state index contributed by atoms with van der Waals surface area (Å²) in [5.74, 6) is 0. The van der Waals surface area contributed by atoms with Crippen molar-refractivity contribution in [1.29, 1.82) is 5.26 Å². The van der Waals surface area contributed by atoms with Gasteiger partial charge in [-0.3, -0.25) is 0 Å². The second-order valence-corrected chi connectivity index (χ2v) is 21.3. The van der Waals surface area contributed by atoms with E-state index >= 15 is 0 Å². The predicted molar refractivity (Wildman–Crippen MR) is 149 cm³/mol. The lowest BCUT2D eigenvalue weighted by Gasteiger charge is -2.49. The van der Waals surface area contributed by atoms with Gasteiger partial charge in [0.15, 0.2) is 8.32 Å². The quantitative estimate of drug-likeness (QED) is 0.294. The van der Waals surface area contributed by atoms with Crippen molar-refractivity contribution in [3.05, 3.63) is 71.8 Å². The Bertz CT molecular complexity index is 869. The van der Waals surface area contributed by atoms with Crippen molar-refractivity contribution < 1.29 is 8.85 Å². The van der Waals surface area contributed by atoms with Crippen LogP contribution in [-0.2, 0) is 14.3 Å². The van der Waals surface area contributed by atoms with Crippen LogP contribution in [0.3, 0.4) is 0 Å². The first-order chi connectivity index (χ1) is 15.8. The molecule has 186 valence electrons. The highest BCUT2D eigenvalue weighted by Crippen LogP contribution is 2.46. The second kappa shape index (κ2) is 11.3. The highest BCUT2D eigenvalue weighted by atomic mass is 28.4. The second-order valence-electron chi connectivity index (χ2n) is 11.4. The minimum Gasteiger partial charge on any atom is -0.411 e. The van der Waals surface area contributed by atoms with Crippen molar-refractivity contribution in [2.24, 2.45) is 0 Å². The molecule has 5 heteroatoms. The van der Waals surface area contributed by atoms with Gasteiger partial charge in [-0.15, -0.1) is 0 Å². The van der Waals surface area contributed by atoms with Crippen LogP contribution in [0.25, 0.3) is 0 Å². The van der Waals surface area contributed by atoms with Crippen LogP contribution < -0.4 is 0 Å². The van der Waals surface area contributed by atoms with Crippen molar-refractivity contribution in [3.63, 3.8) is 0 Å². The van der Waals surface area contributed by atoms with Gasteiger partial charge in [-0.25, -0.2) is 0 Å². The smallest absolute Gasteiger partial charge is 0.200 e. The Hall–Kier alpha value is -1.72. The average Bonchev–Trinajstić information content (AvgIpc) is 2.77. The fourth-order valence-corrected chi connectivity index (χ4v) is 12.5. The van der Waals surface area contributed by atoms with E-state index in [2.05, 4.69) is 98.4 Å². The SMILES string of the molecule is CC(C)[Si](O[C@@H](C)[C@@H](O[Si](C)(C)C)C(C#N)(c1ccccc1)c1ccccc1)(C(C)C)C(C)C. The van der Waals surface area contributed by atoms with Crippen LogP contribution >= 0.6 is 0 Å². The molecule has 0 spiro atoms. The van der Waals surface area contributed by atoms with Gasteiger partial charge in [-0.05, 0) is 54.3 Å². The normalized spacial score (nSPS) is 14.9. The first kappa shape index (κ1) is 28.5. The summed E-state index contributed by atoms with van der Waals surface area (Å²) >= 11 is 0. The van der Waals surface area contributed by atoms with E-state index in [1.165, 1.54) is 0 Å². The zero-order valence-electron chi connectivity index (χ0n) is 22.9. The van der Waals surface area contributed by atoms with E-state index in [0.717, 1.165) is 11.1 Å². The van der Waals surface area contributed by atoms with Gasteiger partial charge in [0.25, 0.3) is 0 Å². The van der Waals surface area contributed by atoms with Gasteiger partial charge in [-0.2, -0.15) is 5.26 Å². The van der Waals surface area contributed by atoms with Gasteiger partial charge >= 0.3 is 0 Å². The Morgan fingerprint density at radius 2 is 1.06 bits per heavy atom. The van der Waals surface area contributed by atoms with Gasteiger partial charge in [0, 0.05) is 0 Å². The predicted octanol–water partition coefficient (Wildman–Crippen LogP) is 8.30. The molecule has 2 aromatic rings. The van der Waals surface area contributed by atoms with Crippen LogP contribution in [-0.4, -0.2) is 28.8 Å². The molecule has 0 fully saturated rings. The van der Waals surface area contributed by atoms with Crippen LogP contribution in [0.5, 0.6) is 0 Å². The van der Waals surface area contributed by atoms with Gasteiger partial charge in [-0.1, -0.05) is 102 Å². The number of nitriles is 1. The third kappa shape index (κ3) is 5.74. The zero-order chi connectivity index (χ0) is 25.7. The molecular weight excluding hydrogens is 450 g/mol. The molecule has 0 radical (unpaired) electrons. The number of benzene rings is 2. The molecular formula is C29H45NO2Si2. The fourth-order valence-electron chi connectivity index (χ4n) is 5.80. The van der Waals surface area contributed by atoms with Crippen LogP contribution in [0.1, 0.15) is 59.6 Å². The summed E-state index contributed by atoms with van der Waals surface area (Å²) in [6.45, 7) is 22.6. The Morgan fingerprint density at radius 1 is 0.676 bits per heavy atom. The summed E-state index contributed by atoms with van der Waals surface area (Å²) in [6, 6.07) is 23.0. The van der Waals surface area contributed by atoms with E-state index in [-0.39, 0.29) is 6.10 Å². The molecule has 0 saturated heterocycles. The standard InChI is InChI=1S/C29H45NO2Si2/c1-22(2)34(23(3)4,24(5)6)31-25(7)28(32-33(8,9)10)29(21-30,26-17-13-11-14-18-26)27-19-15-12-16-20-27/h11-20,22-25,28H,1-10H3/t25-,28+/m0/s1. The molecule has 0 amide bonds. The number of nitrogens with zero attached hydrogens (tertiary/aromatic N) is 1. The molecule has 0 bridgehead atoms. The number of hydrogen-bond donors (Lipinski definition) is 0. The van der Waals surface area contributed by atoms with E-state index in [1.54, 1.807) is 0 Å². The maximum absolute atomic E-state index is 11.0. The minimum atomic E-state index is -2.20. The van der Waals surface area contributed by atoms with Gasteiger partial charge in [0.1, 0.15) is 5.41 Å². The van der Waals surface area contributed by atoms with Gasteiger partial charge in [0.05, 0.1) is 18.3 Å². The first-order valence-corrected chi connectivity index (χ1v) is 18.3. The van der Waals surface area contributed by atoms with Crippen molar-refractivity contribution >= 4 is 16.6 Å². The maximum Gasteiger partial charge on any atom is 0.200 e. The summed E-state index contributed by atoms with van der Waals surface area (Å²) in [4.78, 5) is 0. The van der Waals surface area contributed by atoms with E-state index in [9.17, 15) is 5.26 Å². The molecule has 34 heavy (non-hydrogen) atoms. The monoisotopic (exact) mass is 495 g/mol. The van der Waals surface area contributed by atoms with E-state index in [4.69, 9.17) is 8.85 Å². The van der Waals surface area contributed by atoms with E-state index in [0.29, 0.717) is 16.6 Å². The largest absolute Gasteiger partial charge is 0.411 e. The summed E-state index contributed by atoms with van der Waals surface area (Å²) in [5.41, 5.74) is 2.28. The molecule has 2 aromatic carbocycles. The zero-order valence-corrected chi connectivity index (χ0v) is 24.9. The Balaban J connectivity index is 2.79. The summed E-state index contributed by atoms with van der Waals surface area (Å²) in [6.07, 6.45) is -0.678. The number of hydrogen-bond acceptors (Lipinski definition) is 3. The van der Waals surface area contributed by atoms with Crippen LogP contribution in [0.4, 0.5) is 0 Å². The van der Waals surface area contributed by atoms with Crippen molar-refractivity contribution in [2.45, 2.75) is 102 Å². The molecule has 0 N–H and O–H groups in total. The lowest BCUT2D eigenvalue weighted by atomic mass is 9.70. The Morgan fingerprint density at radius 3 is 1.35 bits per heavy atom. The average molecular weight is 496 g/mol. The first-order valence-electron chi connectivity index (χ1n) is 12.7. The summed E-state index contributed by atoms with van der Waals surface area (Å²) in [5, 5.41) is 11.0. The molecule has 0 aromatic heterocycles.